The molecular formula is C9H9Br2NO2. The first-order valence-corrected chi connectivity index (χ1v) is 5.51. The first-order chi connectivity index (χ1) is 6.65. The summed E-state index contributed by atoms with van der Waals surface area (Å²) in [5.41, 5.74) is 0. The third-order valence-corrected chi connectivity index (χ3v) is 2.79. The van der Waals surface area contributed by atoms with Crippen LogP contribution < -0.4 is 10.1 Å². The van der Waals surface area contributed by atoms with E-state index in [-0.39, 0.29) is 12.5 Å². The van der Waals surface area contributed by atoms with Gasteiger partial charge in [0.25, 0.3) is 5.91 Å². The Hall–Kier alpha value is -0.550. The zero-order valence-electron chi connectivity index (χ0n) is 7.51. The number of ether oxygens (including phenoxy) is 1. The Morgan fingerprint density at radius 3 is 2.50 bits per heavy atom. The number of carbonyl (C=O) groups excluding carboxylic acids is 1. The van der Waals surface area contributed by atoms with Gasteiger partial charge >= 0.3 is 0 Å². The van der Waals surface area contributed by atoms with Crippen LogP contribution >= 0.6 is 31.9 Å². The number of halogens is 2. The molecular weight excluding hydrogens is 314 g/mol. The maximum atomic E-state index is 10.9. The van der Waals surface area contributed by atoms with Crippen molar-refractivity contribution < 1.29 is 9.53 Å². The molecule has 14 heavy (non-hydrogen) atoms. The first-order valence-electron chi connectivity index (χ1n) is 3.92. The number of benzene rings is 1. The lowest BCUT2D eigenvalue weighted by molar-refractivity contribution is -0.122. The van der Waals surface area contributed by atoms with Gasteiger partial charge < -0.3 is 10.1 Å². The van der Waals surface area contributed by atoms with Gasteiger partial charge in [-0.15, -0.1) is 0 Å². The number of carbonyl (C=O) groups is 1. The largest absolute Gasteiger partial charge is 0.481 e. The molecule has 0 saturated heterocycles. The zero-order chi connectivity index (χ0) is 10.6. The summed E-state index contributed by atoms with van der Waals surface area (Å²) in [7, 11) is 1.57. The van der Waals surface area contributed by atoms with E-state index in [4.69, 9.17) is 4.74 Å². The molecule has 3 nitrogen and oxygen atoms in total. The van der Waals surface area contributed by atoms with E-state index in [1.54, 1.807) is 7.05 Å². The van der Waals surface area contributed by atoms with E-state index in [0.717, 1.165) is 8.95 Å². The molecule has 0 heterocycles. The number of hydrogen-bond donors (Lipinski definition) is 1. The van der Waals surface area contributed by atoms with Gasteiger partial charge in [0.05, 0.1) is 8.95 Å². The molecule has 1 rings (SSSR count). The quantitative estimate of drug-likeness (QED) is 0.927. The van der Waals surface area contributed by atoms with Crippen LogP contribution in [0.15, 0.2) is 27.1 Å². The van der Waals surface area contributed by atoms with Gasteiger partial charge in [0.2, 0.25) is 0 Å². The number of para-hydroxylation sites is 1. The van der Waals surface area contributed by atoms with Crippen LogP contribution in [0, 0.1) is 0 Å². The summed E-state index contributed by atoms with van der Waals surface area (Å²) in [4.78, 5) is 10.9. The lowest BCUT2D eigenvalue weighted by Crippen LogP contribution is -2.24. The van der Waals surface area contributed by atoms with Gasteiger partial charge in [0.15, 0.2) is 6.61 Å². The van der Waals surface area contributed by atoms with Crippen molar-refractivity contribution in [3.05, 3.63) is 27.1 Å². The van der Waals surface area contributed by atoms with Crippen molar-refractivity contribution in [3.63, 3.8) is 0 Å². The Bertz CT molecular complexity index is 321. The van der Waals surface area contributed by atoms with Gasteiger partial charge in [-0.1, -0.05) is 6.07 Å². The fourth-order valence-corrected chi connectivity index (χ4v) is 2.06. The summed E-state index contributed by atoms with van der Waals surface area (Å²) >= 11 is 6.66. The molecule has 0 radical (unpaired) electrons. The SMILES string of the molecule is CNC(=O)COc1c(Br)cccc1Br. The Morgan fingerprint density at radius 2 is 2.00 bits per heavy atom. The van der Waals surface area contributed by atoms with Crippen molar-refractivity contribution >= 4 is 37.8 Å². The smallest absolute Gasteiger partial charge is 0.257 e. The summed E-state index contributed by atoms with van der Waals surface area (Å²) < 4.78 is 6.95. The fraction of sp³-hybridized carbons (Fsp3) is 0.222. The van der Waals surface area contributed by atoms with Crippen LogP contribution in [0.4, 0.5) is 0 Å². The second-order valence-electron chi connectivity index (χ2n) is 2.51. The van der Waals surface area contributed by atoms with E-state index >= 15 is 0 Å². The van der Waals surface area contributed by atoms with E-state index in [1.165, 1.54) is 0 Å². The molecule has 1 N–H and O–H groups in total. The molecule has 0 spiro atoms. The molecule has 0 aliphatic carbocycles. The summed E-state index contributed by atoms with van der Waals surface area (Å²) in [6.07, 6.45) is 0. The van der Waals surface area contributed by atoms with E-state index in [0.29, 0.717) is 5.75 Å². The summed E-state index contributed by atoms with van der Waals surface area (Å²) in [6, 6.07) is 5.58. The Morgan fingerprint density at radius 1 is 1.43 bits per heavy atom. The van der Waals surface area contributed by atoms with Crippen molar-refractivity contribution in [2.75, 3.05) is 13.7 Å². The molecule has 5 heteroatoms. The monoisotopic (exact) mass is 321 g/mol. The molecule has 0 unspecified atom stereocenters. The standard InChI is InChI=1S/C9H9Br2NO2/c1-12-8(13)5-14-9-6(10)3-2-4-7(9)11/h2-4H,5H2,1H3,(H,12,13). The molecule has 0 aromatic heterocycles. The van der Waals surface area contributed by atoms with Crippen LogP contribution in [0.25, 0.3) is 0 Å². The molecule has 0 aliphatic rings. The predicted octanol–water partition coefficient (Wildman–Crippen LogP) is 2.34. The predicted molar refractivity (Wildman–Crippen MR) is 61.4 cm³/mol. The Labute approximate surface area is 99.1 Å². The fourth-order valence-electron chi connectivity index (χ4n) is 0.830. The van der Waals surface area contributed by atoms with Gasteiger partial charge in [-0.2, -0.15) is 0 Å². The second-order valence-corrected chi connectivity index (χ2v) is 4.22. The highest BCUT2D eigenvalue weighted by molar-refractivity contribution is 9.11. The summed E-state index contributed by atoms with van der Waals surface area (Å²) in [5.74, 6) is 0.476. The van der Waals surface area contributed by atoms with E-state index in [9.17, 15) is 4.79 Å². The van der Waals surface area contributed by atoms with Gasteiger partial charge in [0.1, 0.15) is 5.75 Å². The van der Waals surface area contributed by atoms with Crippen molar-refractivity contribution in [1.29, 1.82) is 0 Å². The van der Waals surface area contributed by atoms with Crippen molar-refractivity contribution in [2.45, 2.75) is 0 Å². The Balaban J connectivity index is 2.71. The minimum atomic E-state index is -0.160. The number of rotatable bonds is 3. The summed E-state index contributed by atoms with van der Waals surface area (Å²) in [5, 5.41) is 2.48. The molecule has 0 fully saturated rings. The average Bonchev–Trinajstić information content (AvgIpc) is 2.16. The third kappa shape index (κ3) is 2.99. The lowest BCUT2D eigenvalue weighted by Gasteiger charge is -2.08. The molecule has 1 aromatic rings. The lowest BCUT2D eigenvalue weighted by atomic mass is 10.3. The number of amides is 1. The molecule has 0 aliphatic heterocycles. The van der Waals surface area contributed by atoms with Crippen LogP contribution in [0.5, 0.6) is 5.75 Å². The molecule has 1 amide bonds. The van der Waals surface area contributed by atoms with Gasteiger partial charge in [-0.3, -0.25) is 4.79 Å². The average molecular weight is 323 g/mol. The maximum absolute atomic E-state index is 10.9. The van der Waals surface area contributed by atoms with Crippen LogP contribution in [0.3, 0.4) is 0 Å². The van der Waals surface area contributed by atoms with Gasteiger partial charge in [0, 0.05) is 7.05 Å². The maximum Gasteiger partial charge on any atom is 0.257 e. The topological polar surface area (TPSA) is 38.3 Å². The minimum absolute atomic E-state index is 0.0116. The van der Waals surface area contributed by atoms with E-state index in [2.05, 4.69) is 37.2 Å². The molecule has 1 aromatic carbocycles. The highest BCUT2D eigenvalue weighted by atomic mass is 79.9. The van der Waals surface area contributed by atoms with Crippen LogP contribution in [-0.4, -0.2) is 19.6 Å². The first kappa shape index (κ1) is 11.5. The van der Waals surface area contributed by atoms with Crippen molar-refractivity contribution in [2.24, 2.45) is 0 Å². The van der Waals surface area contributed by atoms with Crippen LogP contribution in [-0.2, 0) is 4.79 Å². The molecule has 76 valence electrons. The van der Waals surface area contributed by atoms with Crippen molar-refractivity contribution in [1.82, 2.24) is 5.32 Å². The van der Waals surface area contributed by atoms with Crippen LogP contribution in [0.1, 0.15) is 0 Å². The normalized spacial score (nSPS) is 9.64. The third-order valence-electron chi connectivity index (χ3n) is 1.55. The Kier molecular flexibility index (Phi) is 4.41. The van der Waals surface area contributed by atoms with Gasteiger partial charge in [-0.25, -0.2) is 0 Å². The van der Waals surface area contributed by atoms with Crippen LogP contribution in [0.2, 0.25) is 0 Å². The number of hydrogen-bond acceptors (Lipinski definition) is 2. The summed E-state index contributed by atoms with van der Waals surface area (Å²) in [6.45, 7) is 0.0116. The molecule has 0 bridgehead atoms. The number of nitrogens with one attached hydrogen (secondary N) is 1. The molecule has 0 atom stereocenters. The zero-order valence-corrected chi connectivity index (χ0v) is 10.7. The number of likely N-dealkylation sites (N-methyl/N-ethyl adjacent to an activating group) is 1. The van der Waals surface area contributed by atoms with E-state index < -0.39 is 0 Å². The highest BCUT2D eigenvalue weighted by Crippen LogP contribution is 2.32. The highest BCUT2D eigenvalue weighted by Gasteiger charge is 2.07. The minimum Gasteiger partial charge on any atom is -0.481 e. The van der Waals surface area contributed by atoms with Crippen molar-refractivity contribution in [3.8, 4) is 5.75 Å². The molecule has 0 saturated carbocycles. The second kappa shape index (κ2) is 5.36. The van der Waals surface area contributed by atoms with E-state index in [1.807, 2.05) is 18.2 Å². The van der Waals surface area contributed by atoms with Gasteiger partial charge in [-0.05, 0) is 44.0 Å².